The van der Waals surface area contributed by atoms with Crippen molar-refractivity contribution >= 4 is 69.8 Å². The number of carbonyl (C=O) groups is 2. The molecule has 6 N–H and O–H groups in total. The number of hydrogen-bond donors (Lipinski definition) is 4. The Bertz CT molecular complexity index is 1750. The van der Waals surface area contributed by atoms with Gasteiger partial charge in [0.1, 0.15) is 0 Å². The Morgan fingerprint density at radius 3 is 1.41 bits per heavy atom. The van der Waals surface area contributed by atoms with Crippen LogP contribution in [0.1, 0.15) is 57.6 Å². The maximum Gasteiger partial charge on any atom is 0.328 e. The third kappa shape index (κ3) is 9.30. The number of nitrogens with two attached hydrogens (primary N) is 2. The van der Waals surface area contributed by atoms with Crippen molar-refractivity contribution in [2.75, 3.05) is 11.5 Å². The highest BCUT2D eigenvalue weighted by Crippen LogP contribution is 2.33. The molecule has 6 rings (SSSR count). The Kier molecular flexibility index (Phi) is 11.4. The SMILES string of the molecule is Cc1cnc(C2=Cc3cc(Cl)ccc3CC2)cc1N.Cc1cnc(C2=Cc3cc(Cl)ccc3CC2)cc1N.O=C(O)/C=C/C(=O)O. The molecule has 236 valence electrons. The summed E-state index contributed by atoms with van der Waals surface area (Å²) in [5, 5.41) is 17.2. The van der Waals surface area contributed by atoms with Gasteiger partial charge in [0.2, 0.25) is 0 Å². The van der Waals surface area contributed by atoms with Gasteiger partial charge in [-0.2, -0.15) is 0 Å². The van der Waals surface area contributed by atoms with E-state index >= 15 is 0 Å². The number of rotatable bonds is 4. The van der Waals surface area contributed by atoms with Crippen molar-refractivity contribution in [3.05, 3.63) is 128 Å². The van der Waals surface area contributed by atoms with E-state index in [1.54, 1.807) is 0 Å². The molecule has 0 spiro atoms. The van der Waals surface area contributed by atoms with Gasteiger partial charge in [-0.1, -0.05) is 35.3 Å². The fourth-order valence-corrected chi connectivity index (χ4v) is 5.25. The number of hydrogen-bond acceptors (Lipinski definition) is 6. The van der Waals surface area contributed by atoms with Crippen LogP contribution in [0.25, 0.3) is 23.3 Å². The van der Waals surface area contributed by atoms with E-state index in [1.165, 1.54) is 33.4 Å². The van der Waals surface area contributed by atoms with E-state index in [0.717, 1.165) is 69.6 Å². The molecule has 0 bridgehead atoms. The molecule has 0 saturated carbocycles. The van der Waals surface area contributed by atoms with Crippen LogP contribution < -0.4 is 11.5 Å². The second-order valence-corrected chi connectivity index (χ2v) is 11.8. The van der Waals surface area contributed by atoms with Crippen molar-refractivity contribution in [2.24, 2.45) is 0 Å². The molecule has 2 aliphatic carbocycles. The molecule has 0 amide bonds. The van der Waals surface area contributed by atoms with Crippen LogP contribution in [0.5, 0.6) is 0 Å². The fourth-order valence-electron chi connectivity index (χ4n) is 4.89. The van der Waals surface area contributed by atoms with Crippen LogP contribution in [0, 0.1) is 13.8 Å². The maximum atomic E-state index is 9.55. The van der Waals surface area contributed by atoms with Crippen LogP contribution in [-0.4, -0.2) is 32.1 Å². The summed E-state index contributed by atoms with van der Waals surface area (Å²) in [6.07, 6.45) is 13.1. The molecular weight excluding hydrogens is 623 g/mol. The molecule has 0 radical (unpaired) electrons. The van der Waals surface area contributed by atoms with Crippen LogP contribution in [0.3, 0.4) is 0 Å². The first kappa shape index (κ1) is 34.0. The molecule has 0 saturated heterocycles. The smallest absolute Gasteiger partial charge is 0.328 e. The van der Waals surface area contributed by atoms with Crippen LogP contribution in [0.2, 0.25) is 10.0 Å². The molecule has 2 aromatic carbocycles. The van der Waals surface area contributed by atoms with Gasteiger partial charge in [-0.3, -0.25) is 9.97 Å². The number of allylic oxidation sites excluding steroid dienone is 2. The van der Waals surface area contributed by atoms with E-state index in [0.29, 0.717) is 12.2 Å². The van der Waals surface area contributed by atoms with Gasteiger partial charge in [-0.15, -0.1) is 0 Å². The number of pyridine rings is 2. The lowest BCUT2D eigenvalue weighted by atomic mass is 9.90. The first-order valence-electron chi connectivity index (χ1n) is 14.5. The number of nitrogen functional groups attached to an aromatic ring is 2. The number of benzene rings is 2. The number of carboxylic acids is 2. The summed E-state index contributed by atoms with van der Waals surface area (Å²) in [5.74, 6) is -2.51. The quantitative estimate of drug-likeness (QED) is 0.162. The number of halogens is 2. The minimum Gasteiger partial charge on any atom is -0.478 e. The molecule has 0 aliphatic heterocycles. The lowest BCUT2D eigenvalue weighted by molar-refractivity contribution is -0.134. The highest BCUT2D eigenvalue weighted by molar-refractivity contribution is 6.31. The zero-order valence-corrected chi connectivity index (χ0v) is 26.9. The van der Waals surface area contributed by atoms with E-state index in [9.17, 15) is 9.59 Å². The van der Waals surface area contributed by atoms with Gasteiger partial charge >= 0.3 is 11.9 Å². The highest BCUT2D eigenvalue weighted by Gasteiger charge is 2.15. The van der Waals surface area contributed by atoms with Gasteiger partial charge in [0, 0.05) is 46.0 Å². The third-order valence-electron chi connectivity index (χ3n) is 7.52. The molecule has 2 aliphatic rings. The second kappa shape index (κ2) is 15.4. The predicted molar refractivity (Wildman–Crippen MR) is 186 cm³/mol. The van der Waals surface area contributed by atoms with E-state index in [2.05, 4.69) is 34.3 Å². The van der Waals surface area contributed by atoms with Crippen LogP contribution in [-0.2, 0) is 22.4 Å². The van der Waals surface area contributed by atoms with Gasteiger partial charge < -0.3 is 21.7 Å². The minimum atomic E-state index is -1.26. The molecule has 46 heavy (non-hydrogen) atoms. The minimum absolute atomic E-state index is 0.558. The number of nitrogens with zero attached hydrogens (tertiary/aromatic N) is 2. The fraction of sp³-hybridized carbons (Fsp3) is 0.167. The van der Waals surface area contributed by atoms with E-state index in [4.69, 9.17) is 44.9 Å². The number of carboxylic acid groups (broad SMARTS) is 2. The van der Waals surface area contributed by atoms with Crippen LogP contribution in [0.15, 0.2) is 73.1 Å². The number of anilines is 2. The van der Waals surface area contributed by atoms with Crippen molar-refractivity contribution in [3.8, 4) is 0 Å². The van der Waals surface area contributed by atoms with Crippen molar-refractivity contribution in [2.45, 2.75) is 39.5 Å². The standard InChI is InChI=1S/2C16H15ClN2.C4H4O4/c2*1-10-9-19-16(8-15(10)18)12-3-2-11-4-5-14(17)7-13(11)6-12;5-3(6)1-2-4(7)8/h2*4-9H,2-3H2,1H3,(H2,18,19);1-2H,(H,5,6)(H,7,8)/b;;2-1+. The second-order valence-electron chi connectivity index (χ2n) is 10.9. The molecule has 2 aromatic heterocycles. The summed E-state index contributed by atoms with van der Waals surface area (Å²) in [6, 6.07) is 16.0. The number of aromatic nitrogens is 2. The summed E-state index contributed by atoms with van der Waals surface area (Å²) >= 11 is 12.1. The van der Waals surface area contributed by atoms with Gasteiger partial charge in [-0.05, 0) is 133 Å². The van der Waals surface area contributed by atoms with E-state index in [-0.39, 0.29) is 0 Å². The summed E-state index contributed by atoms with van der Waals surface area (Å²) in [5.41, 5.74) is 25.0. The van der Waals surface area contributed by atoms with Crippen LogP contribution in [0.4, 0.5) is 11.4 Å². The normalized spacial score (nSPS) is 13.1. The maximum absolute atomic E-state index is 9.55. The van der Waals surface area contributed by atoms with Crippen molar-refractivity contribution in [3.63, 3.8) is 0 Å². The first-order chi connectivity index (χ1) is 21.9. The zero-order valence-electron chi connectivity index (χ0n) is 25.4. The number of fused-ring (bicyclic) bond motifs is 2. The Balaban J connectivity index is 0.000000170. The zero-order chi connectivity index (χ0) is 33.4. The van der Waals surface area contributed by atoms with E-state index in [1.807, 2.05) is 62.6 Å². The molecule has 4 aromatic rings. The van der Waals surface area contributed by atoms with Gasteiger partial charge in [0.25, 0.3) is 0 Å². The predicted octanol–water partition coefficient (Wildman–Crippen LogP) is 7.94. The van der Waals surface area contributed by atoms with Gasteiger partial charge in [0.15, 0.2) is 0 Å². The largest absolute Gasteiger partial charge is 0.478 e. The lowest BCUT2D eigenvalue weighted by Crippen LogP contribution is -2.02. The topological polar surface area (TPSA) is 152 Å². The van der Waals surface area contributed by atoms with Gasteiger partial charge in [-0.25, -0.2) is 9.59 Å². The Hall–Kier alpha value is -4.92. The molecular formula is C36H34Cl2N4O4. The van der Waals surface area contributed by atoms with Gasteiger partial charge in [0.05, 0.1) is 11.4 Å². The van der Waals surface area contributed by atoms with Crippen LogP contribution >= 0.6 is 23.2 Å². The molecule has 10 heteroatoms. The summed E-state index contributed by atoms with van der Waals surface area (Å²) in [6.45, 7) is 3.94. The van der Waals surface area contributed by atoms with E-state index < -0.39 is 11.9 Å². The number of aryl methyl sites for hydroxylation is 4. The molecule has 0 unspecified atom stereocenters. The molecule has 2 heterocycles. The average Bonchev–Trinajstić information content (AvgIpc) is 3.02. The summed E-state index contributed by atoms with van der Waals surface area (Å²) in [7, 11) is 0. The number of aliphatic carboxylic acids is 2. The molecule has 8 nitrogen and oxygen atoms in total. The monoisotopic (exact) mass is 656 g/mol. The average molecular weight is 658 g/mol. The van der Waals surface area contributed by atoms with Crippen molar-refractivity contribution < 1.29 is 19.8 Å². The highest BCUT2D eigenvalue weighted by atomic mass is 35.5. The lowest BCUT2D eigenvalue weighted by Gasteiger charge is -2.17. The molecule has 0 fully saturated rings. The molecule has 0 atom stereocenters. The Morgan fingerprint density at radius 1 is 0.674 bits per heavy atom. The first-order valence-corrected chi connectivity index (χ1v) is 15.2. The summed E-state index contributed by atoms with van der Waals surface area (Å²) in [4.78, 5) is 28.1. The van der Waals surface area contributed by atoms with Crippen molar-refractivity contribution in [1.29, 1.82) is 0 Å². The summed E-state index contributed by atoms with van der Waals surface area (Å²) < 4.78 is 0. The Morgan fingerprint density at radius 2 is 1.07 bits per heavy atom. The third-order valence-corrected chi connectivity index (χ3v) is 7.99. The van der Waals surface area contributed by atoms with Crippen molar-refractivity contribution in [1.82, 2.24) is 9.97 Å². The Labute approximate surface area is 277 Å².